The van der Waals surface area contributed by atoms with Crippen molar-refractivity contribution >= 4 is 53.7 Å². The van der Waals surface area contributed by atoms with Crippen molar-refractivity contribution in [2.24, 2.45) is 5.41 Å². The summed E-state index contributed by atoms with van der Waals surface area (Å²) in [7, 11) is 4.32. The minimum absolute atomic E-state index is 0.0788. The highest BCUT2D eigenvalue weighted by atomic mass is 28.2. The van der Waals surface area contributed by atoms with Gasteiger partial charge in [0.05, 0.1) is 39.6 Å². The summed E-state index contributed by atoms with van der Waals surface area (Å²) in [6.45, 7) is 9.49. The summed E-state index contributed by atoms with van der Waals surface area (Å²) in [5, 5.41) is 1.33. The topological polar surface area (TPSA) is 106 Å². The molecule has 2 heterocycles. The summed E-state index contributed by atoms with van der Waals surface area (Å²) in [5.74, 6) is 0.532. The second-order valence-electron chi connectivity index (χ2n) is 12.1. The first-order chi connectivity index (χ1) is 23.1. The largest absolute Gasteiger partial charge is 0.493 e. The van der Waals surface area contributed by atoms with Gasteiger partial charge in [-0.3, -0.25) is 0 Å². The third-order valence-electron chi connectivity index (χ3n) is 9.14. The van der Waals surface area contributed by atoms with Crippen LogP contribution in [0.4, 0.5) is 11.5 Å². The molecule has 4 aromatic rings. The lowest BCUT2D eigenvalue weighted by Gasteiger charge is -2.45. The number of pyridine rings is 1. The molecular weight excluding hydrogens is 645 g/mol. The Morgan fingerprint density at radius 1 is 0.896 bits per heavy atom. The van der Waals surface area contributed by atoms with Crippen LogP contribution in [0, 0.1) is 5.41 Å². The van der Waals surface area contributed by atoms with E-state index in [2.05, 4.69) is 50.0 Å². The molecule has 0 amide bonds. The quantitative estimate of drug-likeness (QED) is 0.104. The molecule has 1 aliphatic heterocycles. The number of hydrogen-bond donors (Lipinski definition) is 0. The van der Waals surface area contributed by atoms with Crippen molar-refractivity contribution in [2.75, 3.05) is 39.9 Å². The standard InChI is InChI=1S/C36H44N2O8Si2/c1-36(2,35(45-47-7)46-48-8)26-14-16-38(27-12-10-9-11-23(26)27)30-19-21(13-15-37-30)31-24-20-29(42-4)28(41-3)18-22(24)17-25(33(39)43-5)32(31)34(40)44-6/h9-13,15,17-20,26,35H,14,16,47-48H2,1-8H3/t26-/m0/s1. The molecule has 0 bridgehead atoms. The number of carbonyl (C=O) groups excluding carboxylic acids is 2. The Kier molecular flexibility index (Phi) is 10.9. The number of fused-ring (bicyclic) bond motifs is 2. The minimum atomic E-state index is -0.671. The van der Waals surface area contributed by atoms with E-state index in [1.165, 1.54) is 19.8 Å². The Balaban J connectivity index is 1.70. The van der Waals surface area contributed by atoms with Crippen LogP contribution in [0.3, 0.4) is 0 Å². The zero-order valence-corrected chi connectivity index (χ0v) is 31.7. The van der Waals surface area contributed by atoms with E-state index in [0.717, 1.165) is 12.1 Å². The summed E-state index contributed by atoms with van der Waals surface area (Å²) >= 11 is 0. The van der Waals surface area contributed by atoms with Crippen molar-refractivity contribution in [3.8, 4) is 22.6 Å². The molecule has 0 saturated heterocycles. The van der Waals surface area contributed by atoms with Gasteiger partial charge in [0.25, 0.3) is 0 Å². The molecule has 3 aromatic carbocycles. The van der Waals surface area contributed by atoms with E-state index in [-0.39, 0.29) is 28.7 Å². The van der Waals surface area contributed by atoms with Crippen molar-refractivity contribution in [3.63, 3.8) is 0 Å². The summed E-state index contributed by atoms with van der Waals surface area (Å²) in [6, 6.07) is 17.4. The molecular formula is C36H44N2O8Si2. The Bertz CT molecular complexity index is 1810. The molecule has 0 aliphatic carbocycles. The normalized spacial score (nSPS) is 15.6. The van der Waals surface area contributed by atoms with Gasteiger partial charge in [0.2, 0.25) is 0 Å². The third kappa shape index (κ3) is 6.45. The fourth-order valence-electron chi connectivity index (χ4n) is 6.85. The van der Waals surface area contributed by atoms with Gasteiger partial charge >= 0.3 is 11.9 Å². The number of carbonyl (C=O) groups is 2. The number of methoxy groups -OCH3 is 4. The van der Waals surface area contributed by atoms with Crippen molar-refractivity contribution in [3.05, 3.63) is 77.5 Å². The first-order valence-corrected chi connectivity index (χ1v) is 20.1. The average Bonchev–Trinajstić information content (AvgIpc) is 3.12. The van der Waals surface area contributed by atoms with Crippen LogP contribution in [0.15, 0.2) is 60.8 Å². The van der Waals surface area contributed by atoms with E-state index in [4.69, 9.17) is 32.8 Å². The van der Waals surface area contributed by atoms with Gasteiger partial charge in [-0.2, -0.15) is 0 Å². The van der Waals surface area contributed by atoms with Crippen LogP contribution in [0.2, 0.25) is 13.1 Å². The number of para-hydroxylation sites is 1. The summed E-state index contributed by atoms with van der Waals surface area (Å²) in [6.07, 6.45) is 2.34. The molecule has 48 heavy (non-hydrogen) atoms. The molecule has 1 atom stereocenters. The zero-order valence-electron chi connectivity index (χ0n) is 28.9. The van der Waals surface area contributed by atoms with Crippen LogP contribution in [-0.2, 0) is 18.3 Å². The molecule has 0 saturated carbocycles. The average molecular weight is 689 g/mol. The fraction of sp³-hybridized carbons (Fsp3) is 0.361. The highest BCUT2D eigenvalue weighted by Gasteiger charge is 2.42. The van der Waals surface area contributed by atoms with E-state index < -0.39 is 31.5 Å². The van der Waals surface area contributed by atoms with Gasteiger partial charge in [-0.1, -0.05) is 45.1 Å². The second-order valence-corrected chi connectivity index (χ2v) is 13.9. The number of aromatic nitrogens is 1. The van der Waals surface area contributed by atoms with Gasteiger partial charge in [-0.25, -0.2) is 14.6 Å². The maximum atomic E-state index is 13.5. The number of ether oxygens (including phenoxy) is 4. The van der Waals surface area contributed by atoms with Gasteiger partial charge < -0.3 is 32.7 Å². The van der Waals surface area contributed by atoms with Crippen LogP contribution in [0.1, 0.15) is 52.5 Å². The number of nitrogens with zero attached hydrogens (tertiary/aromatic N) is 2. The van der Waals surface area contributed by atoms with Gasteiger partial charge in [0.15, 0.2) is 31.0 Å². The number of hydrogen-bond acceptors (Lipinski definition) is 10. The number of esters is 2. The minimum Gasteiger partial charge on any atom is -0.493 e. The van der Waals surface area contributed by atoms with Crippen molar-refractivity contribution < 1.29 is 37.4 Å². The van der Waals surface area contributed by atoms with Crippen LogP contribution < -0.4 is 14.4 Å². The highest BCUT2D eigenvalue weighted by Crippen LogP contribution is 2.50. The molecule has 10 nitrogen and oxygen atoms in total. The zero-order chi connectivity index (χ0) is 34.6. The predicted molar refractivity (Wildman–Crippen MR) is 192 cm³/mol. The molecule has 0 spiro atoms. The van der Waals surface area contributed by atoms with Crippen molar-refractivity contribution in [1.29, 1.82) is 0 Å². The molecule has 0 unspecified atom stereocenters. The van der Waals surface area contributed by atoms with Gasteiger partial charge in [-0.05, 0) is 70.6 Å². The fourth-order valence-corrected chi connectivity index (χ4v) is 8.70. The van der Waals surface area contributed by atoms with E-state index in [1.54, 1.807) is 38.6 Å². The lowest BCUT2D eigenvalue weighted by molar-refractivity contribution is -0.0916. The van der Waals surface area contributed by atoms with Crippen LogP contribution in [0.25, 0.3) is 21.9 Å². The van der Waals surface area contributed by atoms with Crippen LogP contribution >= 0.6 is 0 Å². The van der Waals surface area contributed by atoms with E-state index in [1.807, 2.05) is 18.2 Å². The Hall–Kier alpha value is -4.24. The first-order valence-electron chi connectivity index (χ1n) is 16.1. The van der Waals surface area contributed by atoms with Gasteiger partial charge in [-0.15, -0.1) is 0 Å². The van der Waals surface area contributed by atoms with Gasteiger partial charge in [0, 0.05) is 29.4 Å². The van der Waals surface area contributed by atoms with E-state index in [9.17, 15) is 9.59 Å². The summed E-state index contributed by atoms with van der Waals surface area (Å²) < 4.78 is 34.1. The molecule has 1 aliphatic rings. The Morgan fingerprint density at radius 2 is 1.56 bits per heavy atom. The molecule has 5 rings (SSSR count). The second kappa shape index (κ2) is 14.9. The molecule has 1 aromatic heterocycles. The van der Waals surface area contributed by atoms with Gasteiger partial charge in [0.1, 0.15) is 12.1 Å². The maximum Gasteiger partial charge on any atom is 0.339 e. The molecule has 0 radical (unpaired) electrons. The first kappa shape index (κ1) is 35.1. The third-order valence-corrected chi connectivity index (χ3v) is 10.4. The maximum absolute atomic E-state index is 13.5. The van der Waals surface area contributed by atoms with Crippen LogP contribution in [0.5, 0.6) is 11.5 Å². The van der Waals surface area contributed by atoms with Crippen molar-refractivity contribution in [1.82, 2.24) is 4.98 Å². The predicted octanol–water partition coefficient (Wildman–Crippen LogP) is 5.77. The molecule has 0 N–H and O–H groups in total. The lowest BCUT2D eigenvalue weighted by atomic mass is 9.70. The summed E-state index contributed by atoms with van der Waals surface area (Å²) in [5.41, 5.74) is 3.36. The number of benzene rings is 3. The molecule has 254 valence electrons. The van der Waals surface area contributed by atoms with Crippen molar-refractivity contribution in [2.45, 2.75) is 45.6 Å². The monoisotopic (exact) mass is 688 g/mol. The van der Waals surface area contributed by atoms with E-state index >= 15 is 0 Å². The summed E-state index contributed by atoms with van der Waals surface area (Å²) in [4.78, 5) is 33.6. The van der Waals surface area contributed by atoms with Crippen LogP contribution in [-0.4, -0.2) is 77.7 Å². The number of rotatable bonds is 12. The SMILES string of the molecule is COC(=O)c1cc2cc(OC)c(OC)cc2c(-c2ccnc(N3CC[C@H](C(C)(C)C(O[SiH2]C)O[SiH2]C)c4ccccc43)c2)c1C(=O)OC. The molecule has 0 fully saturated rings. The Morgan fingerprint density at radius 3 is 2.21 bits per heavy atom. The molecule has 12 heteroatoms. The van der Waals surface area contributed by atoms with E-state index in [0.29, 0.717) is 45.8 Å². The highest BCUT2D eigenvalue weighted by molar-refractivity contribution is 6.26. The smallest absolute Gasteiger partial charge is 0.339 e. The lowest BCUT2D eigenvalue weighted by Crippen LogP contribution is -2.43. The number of anilines is 2. The Labute approximate surface area is 286 Å².